The van der Waals surface area contributed by atoms with E-state index >= 15 is 0 Å². The Bertz CT molecular complexity index is 1020. The number of esters is 1. The minimum absolute atomic E-state index is 0.0965. The average Bonchev–Trinajstić information content (AvgIpc) is 2.97. The fourth-order valence-electron chi connectivity index (χ4n) is 2.73. The van der Waals surface area contributed by atoms with Crippen molar-refractivity contribution in [1.29, 1.82) is 0 Å². The molecule has 3 aromatic rings. The lowest BCUT2D eigenvalue weighted by atomic mass is 10.0. The van der Waals surface area contributed by atoms with Crippen LogP contribution in [-0.4, -0.2) is 28.0 Å². The summed E-state index contributed by atoms with van der Waals surface area (Å²) < 4.78 is 59.7. The van der Waals surface area contributed by atoms with Gasteiger partial charge in [-0.3, -0.25) is 4.79 Å². The van der Waals surface area contributed by atoms with Gasteiger partial charge in [0.2, 0.25) is 5.78 Å². The molecule has 0 aliphatic carbocycles. The number of ketones is 1. The number of benzene rings is 1. The summed E-state index contributed by atoms with van der Waals surface area (Å²) >= 11 is 0. The molecule has 0 amide bonds. The summed E-state index contributed by atoms with van der Waals surface area (Å²) in [5, 5.41) is 3.80. The predicted octanol–water partition coefficient (Wildman–Crippen LogP) is 3.90. The second kappa shape index (κ2) is 6.82. The monoisotopic (exact) mass is 380 g/mol. The van der Waals surface area contributed by atoms with Crippen LogP contribution in [-0.2, 0) is 10.9 Å². The lowest BCUT2D eigenvalue weighted by molar-refractivity contribution is -0.136. The van der Waals surface area contributed by atoms with Crippen LogP contribution in [0.25, 0.3) is 5.52 Å². The number of aromatic nitrogens is 2. The molecule has 0 N–H and O–H groups in total. The van der Waals surface area contributed by atoms with Crippen LogP contribution < -0.4 is 0 Å². The first kappa shape index (κ1) is 18.6. The molecule has 0 bridgehead atoms. The number of carbonyl (C=O) groups excluding carboxylic acids is 2. The zero-order chi connectivity index (χ0) is 19.8. The van der Waals surface area contributed by atoms with Gasteiger partial charge in [-0.1, -0.05) is 0 Å². The van der Waals surface area contributed by atoms with E-state index in [0.29, 0.717) is 0 Å². The molecule has 140 valence electrons. The molecule has 0 atom stereocenters. The van der Waals surface area contributed by atoms with Gasteiger partial charge in [0.25, 0.3) is 0 Å². The van der Waals surface area contributed by atoms with Gasteiger partial charge in [-0.05, 0) is 43.3 Å². The number of carbonyl (C=O) groups is 2. The fraction of sp³-hybridized carbons (Fsp3) is 0.167. The van der Waals surface area contributed by atoms with E-state index in [1.165, 1.54) is 19.2 Å². The minimum atomic E-state index is -4.93. The Balaban J connectivity index is 2.36. The topological polar surface area (TPSA) is 60.7 Å². The molecular formula is C18H12F4N2O3. The number of alkyl halides is 3. The number of hydrogen-bond acceptors (Lipinski definition) is 4. The Morgan fingerprint density at radius 2 is 1.81 bits per heavy atom. The molecule has 2 aromatic heterocycles. The predicted molar refractivity (Wildman–Crippen MR) is 86.0 cm³/mol. The smallest absolute Gasteiger partial charge is 0.419 e. The first-order valence-corrected chi connectivity index (χ1v) is 7.80. The SMILES string of the molecule is CCOC(=O)c1c(C(F)(F)F)c2cccnn2c1C(=O)c1ccc(F)cc1. The van der Waals surface area contributed by atoms with E-state index in [4.69, 9.17) is 4.74 Å². The van der Waals surface area contributed by atoms with E-state index in [2.05, 4.69) is 5.10 Å². The highest BCUT2D eigenvalue weighted by Crippen LogP contribution is 2.39. The Hall–Kier alpha value is -3.23. The summed E-state index contributed by atoms with van der Waals surface area (Å²) in [5.74, 6) is -2.82. The fourth-order valence-corrected chi connectivity index (χ4v) is 2.73. The molecule has 0 saturated carbocycles. The Morgan fingerprint density at radius 1 is 1.15 bits per heavy atom. The molecule has 0 aliphatic heterocycles. The van der Waals surface area contributed by atoms with E-state index in [1.807, 2.05) is 0 Å². The van der Waals surface area contributed by atoms with Gasteiger partial charge in [0.1, 0.15) is 17.1 Å². The van der Waals surface area contributed by atoms with Gasteiger partial charge in [0.05, 0.1) is 17.7 Å². The molecular weight excluding hydrogens is 368 g/mol. The molecule has 0 unspecified atom stereocenters. The highest BCUT2D eigenvalue weighted by Gasteiger charge is 2.43. The Morgan fingerprint density at radius 3 is 2.41 bits per heavy atom. The molecule has 1 aromatic carbocycles. The lowest BCUT2D eigenvalue weighted by Gasteiger charge is -2.09. The number of rotatable bonds is 4. The summed E-state index contributed by atoms with van der Waals surface area (Å²) in [6, 6.07) is 6.56. The van der Waals surface area contributed by atoms with E-state index in [1.54, 1.807) is 0 Å². The molecule has 0 fully saturated rings. The van der Waals surface area contributed by atoms with Gasteiger partial charge in [-0.25, -0.2) is 13.7 Å². The maximum atomic E-state index is 13.7. The lowest BCUT2D eigenvalue weighted by Crippen LogP contribution is -2.17. The first-order valence-electron chi connectivity index (χ1n) is 7.80. The summed E-state index contributed by atoms with van der Waals surface area (Å²) in [5.41, 5.74) is -3.38. The van der Waals surface area contributed by atoms with Gasteiger partial charge in [0.15, 0.2) is 0 Å². The van der Waals surface area contributed by atoms with Crippen LogP contribution >= 0.6 is 0 Å². The third kappa shape index (κ3) is 3.27. The number of ether oxygens (including phenoxy) is 1. The molecule has 5 nitrogen and oxygen atoms in total. The van der Waals surface area contributed by atoms with Gasteiger partial charge >= 0.3 is 12.1 Å². The van der Waals surface area contributed by atoms with E-state index in [9.17, 15) is 27.2 Å². The van der Waals surface area contributed by atoms with Crippen molar-refractivity contribution in [2.24, 2.45) is 0 Å². The number of hydrogen-bond donors (Lipinski definition) is 0. The van der Waals surface area contributed by atoms with Crippen molar-refractivity contribution in [3.63, 3.8) is 0 Å². The third-order valence-electron chi connectivity index (χ3n) is 3.79. The zero-order valence-corrected chi connectivity index (χ0v) is 13.9. The van der Waals surface area contributed by atoms with Crippen LogP contribution in [0.2, 0.25) is 0 Å². The molecule has 0 saturated heterocycles. The average molecular weight is 380 g/mol. The number of fused-ring (bicyclic) bond motifs is 1. The molecule has 2 heterocycles. The second-order valence-corrected chi connectivity index (χ2v) is 5.47. The van der Waals surface area contributed by atoms with E-state index < -0.39 is 46.1 Å². The van der Waals surface area contributed by atoms with Gasteiger partial charge in [-0.2, -0.15) is 18.3 Å². The highest BCUT2D eigenvalue weighted by atomic mass is 19.4. The standard InChI is InChI=1S/C18H12F4N2O3/c1-2-27-17(26)13-14(18(20,21)22)12-4-3-9-23-24(12)15(13)16(25)10-5-7-11(19)8-6-10/h3-9H,2H2,1H3. The summed E-state index contributed by atoms with van der Waals surface area (Å²) in [4.78, 5) is 25.2. The van der Waals surface area contributed by atoms with Crippen LogP contribution in [0, 0.1) is 5.82 Å². The first-order chi connectivity index (χ1) is 12.8. The minimum Gasteiger partial charge on any atom is -0.462 e. The maximum absolute atomic E-state index is 13.7. The molecule has 0 radical (unpaired) electrons. The molecule has 3 rings (SSSR count). The van der Waals surface area contributed by atoms with E-state index in [-0.39, 0.29) is 12.2 Å². The summed E-state index contributed by atoms with van der Waals surface area (Å²) in [6.07, 6.45) is -3.75. The number of halogens is 4. The Labute approximate surface area is 150 Å². The quantitative estimate of drug-likeness (QED) is 0.391. The highest BCUT2D eigenvalue weighted by molar-refractivity contribution is 6.15. The van der Waals surface area contributed by atoms with Gasteiger partial charge in [-0.15, -0.1) is 0 Å². The van der Waals surface area contributed by atoms with Crippen LogP contribution in [0.1, 0.15) is 38.9 Å². The van der Waals surface area contributed by atoms with Crippen LogP contribution in [0.15, 0.2) is 42.6 Å². The number of nitrogens with zero attached hydrogens (tertiary/aromatic N) is 2. The third-order valence-corrected chi connectivity index (χ3v) is 3.79. The largest absolute Gasteiger partial charge is 0.462 e. The summed E-state index contributed by atoms with van der Waals surface area (Å²) in [7, 11) is 0. The maximum Gasteiger partial charge on any atom is 0.419 e. The molecule has 0 spiro atoms. The molecule has 9 heteroatoms. The van der Waals surface area contributed by atoms with Crippen LogP contribution in [0.5, 0.6) is 0 Å². The molecule has 0 aliphatic rings. The van der Waals surface area contributed by atoms with Crippen molar-refractivity contribution < 1.29 is 31.9 Å². The van der Waals surface area contributed by atoms with Crippen molar-refractivity contribution >= 4 is 17.3 Å². The van der Waals surface area contributed by atoms with E-state index in [0.717, 1.165) is 34.8 Å². The van der Waals surface area contributed by atoms with Crippen molar-refractivity contribution in [2.45, 2.75) is 13.1 Å². The van der Waals surface area contributed by atoms with Gasteiger partial charge in [0, 0.05) is 11.8 Å². The molecule has 27 heavy (non-hydrogen) atoms. The van der Waals surface area contributed by atoms with Crippen molar-refractivity contribution in [2.75, 3.05) is 6.61 Å². The van der Waals surface area contributed by atoms with Crippen LogP contribution in [0.4, 0.5) is 17.6 Å². The zero-order valence-electron chi connectivity index (χ0n) is 13.9. The van der Waals surface area contributed by atoms with Crippen molar-refractivity contribution in [3.05, 3.63) is 70.8 Å². The van der Waals surface area contributed by atoms with Crippen molar-refractivity contribution in [3.8, 4) is 0 Å². The second-order valence-electron chi connectivity index (χ2n) is 5.47. The van der Waals surface area contributed by atoms with Crippen LogP contribution in [0.3, 0.4) is 0 Å². The summed E-state index contributed by atoms with van der Waals surface area (Å²) in [6.45, 7) is 1.25. The Kier molecular flexibility index (Phi) is 4.69. The van der Waals surface area contributed by atoms with Crippen molar-refractivity contribution in [1.82, 2.24) is 9.61 Å². The normalized spacial score (nSPS) is 11.6. The van der Waals surface area contributed by atoms with Gasteiger partial charge < -0.3 is 4.74 Å².